The lowest BCUT2D eigenvalue weighted by Crippen LogP contribution is -2.42. The average molecular weight is 479 g/mol. The summed E-state index contributed by atoms with van der Waals surface area (Å²) in [4.78, 5) is 28.0. The van der Waals surface area contributed by atoms with E-state index in [-0.39, 0.29) is 17.9 Å². The molecule has 0 spiro atoms. The number of urea groups is 1. The van der Waals surface area contributed by atoms with E-state index in [1.54, 1.807) is 4.90 Å². The SMILES string of the molecule is C[C@@H]1CCN(C)c2ccc(-c3cccc(N4CC[C@@H](F)C4)c3)nc2N1C(=O)Nc1ccc(F)cn1. The van der Waals surface area contributed by atoms with Crippen LogP contribution < -0.4 is 20.0 Å². The minimum Gasteiger partial charge on any atom is -0.372 e. The van der Waals surface area contributed by atoms with Crippen molar-refractivity contribution in [2.75, 3.05) is 46.7 Å². The number of hydrogen-bond donors (Lipinski definition) is 1. The first-order valence-electron chi connectivity index (χ1n) is 11.8. The molecule has 5 rings (SSSR count). The number of nitrogens with zero attached hydrogens (tertiary/aromatic N) is 5. The summed E-state index contributed by atoms with van der Waals surface area (Å²) >= 11 is 0. The molecule has 4 heterocycles. The first-order valence-corrected chi connectivity index (χ1v) is 11.8. The molecule has 2 aliphatic rings. The van der Waals surface area contributed by atoms with Gasteiger partial charge < -0.3 is 9.80 Å². The zero-order chi connectivity index (χ0) is 24.5. The molecule has 0 saturated carbocycles. The van der Waals surface area contributed by atoms with E-state index >= 15 is 0 Å². The Hall–Kier alpha value is -3.75. The molecule has 7 nitrogen and oxygen atoms in total. The van der Waals surface area contributed by atoms with Crippen molar-refractivity contribution < 1.29 is 13.6 Å². The Kier molecular flexibility index (Phi) is 6.23. The lowest BCUT2D eigenvalue weighted by atomic mass is 10.1. The molecule has 182 valence electrons. The van der Waals surface area contributed by atoms with Gasteiger partial charge in [0.2, 0.25) is 0 Å². The molecule has 2 aromatic heterocycles. The Morgan fingerprint density at radius 3 is 2.71 bits per heavy atom. The Bertz CT molecular complexity index is 1220. The first kappa shape index (κ1) is 23.0. The maximum Gasteiger partial charge on any atom is 0.328 e. The number of halogens is 2. The standard InChI is InChI=1S/C26H28F2N6O/c1-17-10-12-32(2)23-8-7-22(18-4-3-5-21(14-18)33-13-11-20(28)16-33)30-25(23)34(17)26(35)31-24-9-6-19(27)15-29-24/h3-9,14-15,17,20H,10-13,16H2,1-2H3,(H,29,31,35)/t17-,20-/m1/s1. The van der Waals surface area contributed by atoms with Crippen molar-refractivity contribution in [3.05, 3.63) is 60.5 Å². The molecule has 2 amide bonds. The van der Waals surface area contributed by atoms with E-state index in [0.29, 0.717) is 25.3 Å². The molecule has 0 radical (unpaired) electrons. The van der Waals surface area contributed by atoms with Gasteiger partial charge in [-0.1, -0.05) is 12.1 Å². The third-order valence-corrected chi connectivity index (χ3v) is 6.64. The van der Waals surface area contributed by atoms with Gasteiger partial charge in [-0.15, -0.1) is 0 Å². The Labute approximate surface area is 203 Å². The second-order valence-electron chi connectivity index (χ2n) is 9.14. The van der Waals surface area contributed by atoms with E-state index in [1.807, 2.05) is 55.3 Å². The Morgan fingerprint density at radius 1 is 1.11 bits per heavy atom. The minimum atomic E-state index is -0.802. The summed E-state index contributed by atoms with van der Waals surface area (Å²) in [6.07, 6.45) is 1.56. The number of fused-ring (bicyclic) bond motifs is 1. The second-order valence-corrected chi connectivity index (χ2v) is 9.14. The fraction of sp³-hybridized carbons (Fsp3) is 0.346. The van der Waals surface area contributed by atoms with Gasteiger partial charge in [0.25, 0.3) is 0 Å². The summed E-state index contributed by atoms with van der Waals surface area (Å²) in [5.41, 5.74) is 3.42. The minimum absolute atomic E-state index is 0.126. The molecule has 2 atom stereocenters. The lowest BCUT2D eigenvalue weighted by molar-refractivity contribution is 0.255. The summed E-state index contributed by atoms with van der Waals surface area (Å²) in [7, 11) is 1.98. The van der Waals surface area contributed by atoms with Crippen molar-refractivity contribution >= 4 is 29.0 Å². The van der Waals surface area contributed by atoms with Crippen molar-refractivity contribution in [1.82, 2.24) is 9.97 Å². The summed E-state index contributed by atoms with van der Waals surface area (Å²) in [5, 5.41) is 2.77. The van der Waals surface area contributed by atoms with Gasteiger partial charge in [-0.05, 0) is 56.2 Å². The van der Waals surface area contributed by atoms with Crippen LogP contribution in [0.3, 0.4) is 0 Å². The van der Waals surface area contributed by atoms with Gasteiger partial charge in [0.15, 0.2) is 5.82 Å². The lowest BCUT2D eigenvalue weighted by Gasteiger charge is -2.28. The maximum atomic E-state index is 13.8. The third-order valence-electron chi connectivity index (χ3n) is 6.64. The second kappa shape index (κ2) is 9.48. The smallest absolute Gasteiger partial charge is 0.328 e. The number of benzene rings is 1. The molecule has 0 aliphatic carbocycles. The van der Waals surface area contributed by atoms with Crippen molar-refractivity contribution in [3.63, 3.8) is 0 Å². The molecule has 1 aromatic carbocycles. The predicted molar refractivity (Wildman–Crippen MR) is 134 cm³/mol. The van der Waals surface area contributed by atoms with Crippen LogP contribution in [0.25, 0.3) is 11.3 Å². The summed E-state index contributed by atoms with van der Waals surface area (Å²) in [5.74, 6) is 0.344. The highest BCUT2D eigenvalue weighted by molar-refractivity contribution is 6.03. The number of hydrogen-bond acceptors (Lipinski definition) is 5. The molecule has 1 N–H and O–H groups in total. The van der Waals surface area contributed by atoms with Gasteiger partial charge in [-0.2, -0.15) is 0 Å². The van der Waals surface area contributed by atoms with Gasteiger partial charge in [0, 0.05) is 44.0 Å². The highest BCUT2D eigenvalue weighted by Gasteiger charge is 2.31. The molecule has 2 aliphatic heterocycles. The molecule has 0 bridgehead atoms. The van der Waals surface area contributed by atoms with Crippen LogP contribution in [0.15, 0.2) is 54.7 Å². The van der Waals surface area contributed by atoms with Crippen LogP contribution in [-0.4, -0.2) is 54.9 Å². The van der Waals surface area contributed by atoms with E-state index in [2.05, 4.69) is 15.2 Å². The zero-order valence-electron chi connectivity index (χ0n) is 19.8. The average Bonchev–Trinajstić information content (AvgIpc) is 3.25. The van der Waals surface area contributed by atoms with E-state index in [1.165, 1.54) is 12.1 Å². The van der Waals surface area contributed by atoms with Gasteiger partial charge in [0.05, 0.1) is 17.6 Å². The normalized spacial score (nSPS) is 19.9. The quantitative estimate of drug-likeness (QED) is 0.568. The molecule has 9 heteroatoms. The molecule has 3 aromatic rings. The fourth-order valence-electron chi connectivity index (χ4n) is 4.65. The number of aromatic nitrogens is 2. The zero-order valence-corrected chi connectivity index (χ0v) is 19.8. The fourth-order valence-corrected chi connectivity index (χ4v) is 4.65. The molecular formula is C26H28F2N6O. The van der Waals surface area contributed by atoms with E-state index < -0.39 is 12.0 Å². The largest absolute Gasteiger partial charge is 0.372 e. The molecule has 0 unspecified atom stereocenters. The van der Waals surface area contributed by atoms with Crippen LogP contribution in [0.5, 0.6) is 0 Å². The Morgan fingerprint density at radius 2 is 1.97 bits per heavy atom. The van der Waals surface area contributed by atoms with Gasteiger partial charge in [0.1, 0.15) is 17.8 Å². The van der Waals surface area contributed by atoms with Crippen LogP contribution in [0, 0.1) is 5.82 Å². The van der Waals surface area contributed by atoms with Crippen LogP contribution in [0.1, 0.15) is 19.8 Å². The Balaban J connectivity index is 1.50. The number of alkyl halides is 1. The van der Waals surface area contributed by atoms with E-state index in [9.17, 15) is 13.6 Å². The number of nitrogens with one attached hydrogen (secondary N) is 1. The van der Waals surface area contributed by atoms with Gasteiger partial charge in [-0.25, -0.2) is 23.5 Å². The third kappa shape index (κ3) is 4.76. The molecule has 1 fully saturated rings. The first-order chi connectivity index (χ1) is 16.9. The highest BCUT2D eigenvalue weighted by Crippen LogP contribution is 2.36. The topological polar surface area (TPSA) is 64.6 Å². The number of pyridine rings is 2. The van der Waals surface area contributed by atoms with Crippen molar-refractivity contribution in [2.45, 2.75) is 32.0 Å². The summed E-state index contributed by atoms with van der Waals surface area (Å²) in [6, 6.07) is 14.0. The molecule has 35 heavy (non-hydrogen) atoms. The van der Waals surface area contributed by atoms with Crippen LogP contribution >= 0.6 is 0 Å². The van der Waals surface area contributed by atoms with E-state index in [0.717, 1.165) is 41.8 Å². The van der Waals surface area contributed by atoms with Gasteiger partial charge >= 0.3 is 6.03 Å². The van der Waals surface area contributed by atoms with Crippen LogP contribution in [0.2, 0.25) is 0 Å². The highest BCUT2D eigenvalue weighted by atomic mass is 19.1. The molecular weight excluding hydrogens is 450 g/mol. The van der Waals surface area contributed by atoms with Crippen LogP contribution in [0.4, 0.5) is 36.6 Å². The predicted octanol–water partition coefficient (Wildman–Crippen LogP) is 5.10. The number of carbonyl (C=O) groups is 1. The monoisotopic (exact) mass is 478 g/mol. The number of rotatable bonds is 3. The van der Waals surface area contributed by atoms with Crippen LogP contribution in [-0.2, 0) is 0 Å². The summed E-state index contributed by atoms with van der Waals surface area (Å²) < 4.78 is 27.0. The van der Waals surface area contributed by atoms with Crippen molar-refractivity contribution in [1.29, 1.82) is 0 Å². The number of carbonyl (C=O) groups excluding carboxylic acids is 1. The number of anilines is 4. The number of amides is 2. The van der Waals surface area contributed by atoms with Crippen molar-refractivity contribution in [2.24, 2.45) is 0 Å². The summed E-state index contributed by atoms with van der Waals surface area (Å²) in [6.45, 7) is 3.84. The van der Waals surface area contributed by atoms with E-state index in [4.69, 9.17) is 4.98 Å². The van der Waals surface area contributed by atoms with Crippen molar-refractivity contribution in [3.8, 4) is 11.3 Å². The maximum absolute atomic E-state index is 13.8. The van der Waals surface area contributed by atoms with Gasteiger partial charge in [-0.3, -0.25) is 10.2 Å². The molecule has 1 saturated heterocycles.